The van der Waals surface area contributed by atoms with E-state index in [1.165, 1.54) is 11.1 Å². The van der Waals surface area contributed by atoms with Crippen molar-refractivity contribution in [3.63, 3.8) is 0 Å². The van der Waals surface area contributed by atoms with Crippen molar-refractivity contribution in [3.05, 3.63) is 17.1 Å². The summed E-state index contributed by atoms with van der Waals surface area (Å²) < 4.78 is 14.4. The molecule has 0 atom stereocenters. The van der Waals surface area contributed by atoms with Crippen molar-refractivity contribution >= 4 is 38.4 Å². The molecule has 174 valence electrons. The molecule has 4 heterocycles. The molecule has 32 heavy (non-hydrogen) atoms. The number of rotatable bonds is 6. The summed E-state index contributed by atoms with van der Waals surface area (Å²) in [4.78, 5) is 26.3. The molecule has 2 fully saturated rings. The van der Waals surface area contributed by atoms with Crippen LogP contribution < -0.4 is 4.48 Å². The fraction of sp³-hybridized carbons (Fsp3) is 0.696. The number of urea groups is 1. The summed E-state index contributed by atoms with van der Waals surface area (Å²) in [5.41, 5.74) is 4.39. The zero-order valence-corrected chi connectivity index (χ0v) is 21.3. The van der Waals surface area contributed by atoms with Crippen LogP contribution in [-0.4, -0.2) is 93.2 Å². The molecule has 2 radical (unpaired) electrons. The Morgan fingerprint density at radius 1 is 1.12 bits per heavy atom. The Hall–Kier alpha value is -1.63. The summed E-state index contributed by atoms with van der Waals surface area (Å²) in [6.45, 7) is 12.7. The van der Waals surface area contributed by atoms with Crippen molar-refractivity contribution < 1.29 is 14.3 Å². The third kappa shape index (κ3) is 4.97. The van der Waals surface area contributed by atoms with Crippen LogP contribution in [0.25, 0.3) is 11.0 Å². The number of piperidine rings is 1. The third-order valence-corrected chi connectivity index (χ3v) is 7.45. The quantitative estimate of drug-likeness (QED) is 0.564. The minimum atomic E-state index is 0.179. The van der Waals surface area contributed by atoms with E-state index in [1.807, 2.05) is 16.7 Å². The van der Waals surface area contributed by atoms with Gasteiger partial charge in [0, 0.05) is 13.1 Å². The molecule has 2 aromatic rings. The van der Waals surface area contributed by atoms with E-state index in [4.69, 9.17) is 14.5 Å². The van der Waals surface area contributed by atoms with Crippen molar-refractivity contribution in [2.45, 2.75) is 53.2 Å². The van der Waals surface area contributed by atoms with Crippen LogP contribution in [-0.2, 0) is 22.6 Å². The average Bonchev–Trinajstić information content (AvgIpc) is 3.19. The summed E-state index contributed by atoms with van der Waals surface area (Å²) in [6, 6.07) is 0.179. The molecule has 2 aliphatic heterocycles. The molecule has 0 aliphatic carbocycles. The monoisotopic (exact) mass is 503 g/mol. The van der Waals surface area contributed by atoms with Gasteiger partial charge in [0.25, 0.3) is 0 Å². The van der Waals surface area contributed by atoms with E-state index in [9.17, 15) is 4.79 Å². The number of likely N-dealkylation sites (tertiary alicyclic amines) is 1. The normalized spacial score (nSPS) is 18.0. The van der Waals surface area contributed by atoms with E-state index in [-0.39, 0.29) is 6.03 Å². The Labute approximate surface area is 199 Å². The van der Waals surface area contributed by atoms with E-state index in [1.54, 1.807) is 0 Å². The third-order valence-electron chi connectivity index (χ3n) is 6.79. The first-order chi connectivity index (χ1) is 15.5. The van der Waals surface area contributed by atoms with Gasteiger partial charge < -0.3 is 4.74 Å². The van der Waals surface area contributed by atoms with Crippen LogP contribution in [0, 0.1) is 19.8 Å². The molecule has 2 saturated heterocycles. The maximum atomic E-state index is 12.8. The topological polar surface area (TPSA) is 72.7 Å². The number of hydrogen-bond acceptors (Lipinski definition) is 5. The molecule has 0 spiro atoms. The molecule has 2 amide bonds. The van der Waals surface area contributed by atoms with Crippen LogP contribution >= 0.6 is 0 Å². The SMILES string of the molecule is CCOCc1nc2c([As])nc(C)c(C)c2n1CCC1CCN(C(=O)N2CCOCC2)CC1. The molecule has 0 bridgehead atoms. The van der Waals surface area contributed by atoms with Gasteiger partial charge in [-0.05, 0) is 0 Å². The zero-order chi connectivity index (χ0) is 22.7. The number of aromatic nitrogens is 3. The molecule has 0 saturated carbocycles. The molecular weight excluding hydrogens is 469 g/mol. The summed E-state index contributed by atoms with van der Waals surface area (Å²) in [5, 5.41) is 0. The van der Waals surface area contributed by atoms with Crippen LogP contribution in [0.5, 0.6) is 0 Å². The van der Waals surface area contributed by atoms with Crippen molar-refractivity contribution in [2.75, 3.05) is 46.0 Å². The Balaban J connectivity index is 1.42. The van der Waals surface area contributed by atoms with Gasteiger partial charge in [-0.2, -0.15) is 0 Å². The zero-order valence-electron chi connectivity index (χ0n) is 19.5. The van der Waals surface area contributed by atoms with Crippen LogP contribution in [0.4, 0.5) is 4.79 Å². The summed E-state index contributed by atoms with van der Waals surface area (Å²) in [5.74, 6) is 1.59. The Morgan fingerprint density at radius 2 is 1.81 bits per heavy atom. The first-order valence-electron chi connectivity index (χ1n) is 11.7. The molecule has 8 nitrogen and oxygen atoms in total. The second-order valence-electron chi connectivity index (χ2n) is 8.76. The van der Waals surface area contributed by atoms with Crippen molar-refractivity contribution in [3.8, 4) is 0 Å². The molecule has 0 unspecified atom stereocenters. The average molecular weight is 503 g/mol. The molecule has 4 rings (SSSR count). The van der Waals surface area contributed by atoms with Crippen LogP contribution in [0.1, 0.15) is 43.3 Å². The van der Waals surface area contributed by atoms with Gasteiger partial charge in [0.15, 0.2) is 0 Å². The number of pyridine rings is 1. The number of fused-ring (bicyclic) bond motifs is 1. The van der Waals surface area contributed by atoms with Crippen molar-refractivity contribution in [1.82, 2.24) is 24.3 Å². The summed E-state index contributed by atoms with van der Waals surface area (Å²) in [7, 11) is 0. The number of imidazole rings is 1. The number of carbonyl (C=O) groups excluding carboxylic acids is 1. The van der Waals surface area contributed by atoms with Gasteiger partial charge in [-0.1, -0.05) is 0 Å². The predicted octanol–water partition coefficient (Wildman–Crippen LogP) is 1.93. The van der Waals surface area contributed by atoms with Gasteiger partial charge in [0.2, 0.25) is 0 Å². The molecule has 2 aliphatic rings. The fourth-order valence-corrected chi connectivity index (χ4v) is 5.37. The first kappa shape index (κ1) is 23.5. The molecule has 2 aromatic heterocycles. The summed E-state index contributed by atoms with van der Waals surface area (Å²) in [6.07, 6.45) is 3.19. The second kappa shape index (κ2) is 10.5. The van der Waals surface area contributed by atoms with Gasteiger partial charge in [-0.25, -0.2) is 0 Å². The number of nitrogens with zero attached hydrogens (tertiary/aromatic N) is 5. The van der Waals surface area contributed by atoms with E-state index in [2.05, 4.69) is 40.3 Å². The van der Waals surface area contributed by atoms with Gasteiger partial charge >= 0.3 is 168 Å². The first-order valence-corrected chi connectivity index (χ1v) is 12.7. The van der Waals surface area contributed by atoms with Crippen molar-refractivity contribution in [2.24, 2.45) is 5.92 Å². The Kier molecular flexibility index (Phi) is 7.74. The second-order valence-corrected chi connectivity index (χ2v) is 9.65. The van der Waals surface area contributed by atoms with Gasteiger partial charge in [-0.3, -0.25) is 0 Å². The van der Waals surface area contributed by atoms with E-state index >= 15 is 0 Å². The van der Waals surface area contributed by atoms with Crippen LogP contribution in [0.15, 0.2) is 0 Å². The number of hydrogen-bond donors (Lipinski definition) is 0. The minimum absolute atomic E-state index is 0.179. The number of carbonyl (C=O) groups is 1. The van der Waals surface area contributed by atoms with Crippen LogP contribution in [0.3, 0.4) is 0 Å². The van der Waals surface area contributed by atoms with Crippen molar-refractivity contribution in [1.29, 1.82) is 0 Å². The molecular formula is C23H34AsN5O3. The van der Waals surface area contributed by atoms with Gasteiger partial charge in [-0.15, -0.1) is 0 Å². The Morgan fingerprint density at radius 3 is 2.50 bits per heavy atom. The molecule has 0 N–H and O–H groups in total. The Bertz CT molecular complexity index is 949. The standard InChI is InChI=1S/C23H34AsN5O3/c1-4-31-15-19-26-20-21(16(2)17(3)25-22(20)24)29(19)10-7-18-5-8-27(9-6-18)23(30)28-11-13-32-14-12-28/h18H,4-15H2,1-3H3. The number of ether oxygens (including phenoxy) is 2. The number of aryl methyl sites for hydroxylation is 3. The van der Waals surface area contributed by atoms with E-state index in [0.717, 1.165) is 60.4 Å². The molecule has 9 heteroatoms. The van der Waals surface area contributed by atoms with Gasteiger partial charge in [0.05, 0.1) is 13.2 Å². The van der Waals surface area contributed by atoms with Crippen LogP contribution in [0.2, 0.25) is 0 Å². The van der Waals surface area contributed by atoms with E-state index in [0.29, 0.717) is 45.4 Å². The fourth-order valence-electron chi connectivity index (χ4n) is 4.73. The van der Waals surface area contributed by atoms with E-state index < -0.39 is 0 Å². The predicted molar refractivity (Wildman–Crippen MR) is 124 cm³/mol. The number of morpholine rings is 1. The summed E-state index contributed by atoms with van der Waals surface area (Å²) >= 11 is 2.56. The van der Waals surface area contributed by atoms with Gasteiger partial charge in [0.1, 0.15) is 0 Å². The number of amides is 2. The maximum absolute atomic E-state index is 12.8. The molecule has 0 aromatic carbocycles.